The Labute approximate surface area is 138 Å². The summed E-state index contributed by atoms with van der Waals surface area (Å²) in [5, 5.41) is 0. The minimum atomic E-state index is 0.113. The zero-order chi connectivity index (χ0) is 16.8. The molecule has 8 nitrogen and oxygen atoms in total. The van der Waals surface area contributed by atoms with E-state index in [1.807, 2.05) is 0 Å². The summed E-state index contributed by atoms with van der Waals surface area (Å²) >= 11 is 0. The molecule has 0 heterocycles. The predicted molar refractivity (Wildman–Crippen MR) is 82.9 cm³/mol. The van der Waals surface area contributed by atoms with Crippen LogP contribution in [0.5, 0.6) is 0 Å². The summed E-state index contributed by atoms with van der Waals surface area (Å²) in [7, 11) is 1.64. The van der Waals surface area contributed by atoms with Gasteiger partial charge in [0.1, 0.15) is 12.9 Å². The van der Waals surface area contributed by atoms with Gasteiger partial charge in [-0.05, 0) is 0 Å². The Kier molecular flexibility index (Phi) is 20.8. The van der Waals surface area contributed by atoms with E-state index in [1.165, 1.54) is 0 Å². The third kappa shape index (κ3) is 21.4. The van der Waals surface area contributed by atoms with Gasteiger partial charge in [-0.3, -0.25) is 0 Å². The van der Waals surface area contributed by atoms with Crippen LogP contribution < -0.4 is 0 Å². The molecule has 0 atom stereocenters. The molecule has 0 aromatic rings. The van der Waals surface area contributed by atoms with Crippen LogP contribution in [0.2, 0.25) is 0 Å². The molecule has 0 spiro atoms. The van der Waals surface area contributed by atoms with Crippen molar-refractivity contribution in [2.75, 3.05) is 93.0 Å². The van der Waals surface area contributed by atoms with E-state index < -0.39 is 0 Å². The average molecular weight is 338 g/mol. The number of carbonyl (C=O) groups excluding carboxylic acids is 1. The topological polar surface area (TPSA) is 81.7 Å². The molecular formula is C15H30O8. The van der Waals surface area contributed by atoms with Crippen molar-refractivity contribution >= 4 is 6.29 Å². The number of hydrogen-bond acceptors (Lipinski definition) is 8. The van der Waals surface area contributed by atoms with Crippen molar-refractivity contribution in [3.05, 3.63) is 0 Å². The van der Waals surface area contributed by atoms with Gasteiger partial charge in [0.05, 0.1) is 79.3 Å². The predicted octanol–water partition coefficient (Wildman–Crippen LogP) is -0.0687. The normalized spacial score (nSPS) is 11.0. The summed E-state index contributed by atoms with van der Waals surface area (Å²) in [5.41, 5.74) is 0. The molecule has 0 radical (unpaired) electrons. The Bertz CT molecular complexity index is 228. The summed E-state index contributed by atoms with van der Waals surface area (Å²) in [5.74, 6) is 0. The van der Waals surface area contributed by atoms with Crippen LogP contribution in [0.25, 0.3) is 0 Å². The van der Waals surface area contributed by atoms with Gasteiger partial charge < -0.3 is 38.0 Å². The summed E-state index contributed by atoms with van der Waals surface area (Å²) in [4.78, 5) is 9.97. The molecule has 138 valence electrons. The summed E-state index contributed by atoms with van der Waals surface area (Å²) < 4.78 is 36.3. The highest BCUT2D eigenvalue weighted by Gasteiger charge is 1.93. The molecule has 0 saturated carbocycles. The molecule has 8 heteroatoms. The van der Waals surface area contributed by atoms with Crippen LogP contribution >= 0.6 is 0 Å². The molecule has 0 fully saturated rings. The van der Waals surface area contributed by atoms with Crippen molar-refractivity contribution in [1.82, 2.24) is 0 Å². The second-order valence-electron chi connectivity index (χ2n) is 4.30. The van der Waals surface area contributed by atoms with Crippen LogP contribution in [0.1, 0.15) is 0 Å². The van der Waals surface area contributed by atoms with E-state index in [-0.39, 0.29) is 6.61 Å². The molecule has 0 aliphatic heterocycles. The molecule has 0 amide bonds. The molecule has 0 aromatic carbocycles. The van der Waals surface area contributed by atoms with E-state index in [4.69, 9.17) is 33.2 Å². The largest absolute Gasteiger partial charge is 0.382 e. The van der Waals surface area contributed by atoms with Gasteiger partial charge in [0.25, 0.3) is 0 Å². The number of rotatable bonds is 20. The van der Waals surface area contributed by atoms with Crippen LogP contribution in [-0.2, 0) is 38.0 Å². The second-order valence-corrected chi connectivity index (χ2v) is 4.30. The first-order valence-corrected chi connectivity index (χ1v) is 7.80. The van der Waals surface area contributed by atoms with Crippen molar-refractivity contribution < 1.29 is 38.0 Å². The highest BCUT2D eigenvalue weighted by atomic mass is 16.6. The Hall–Kier alpha value is -0.610. The maximum atomic E-state index is 9.97. The average Bonchev–Trinajstić information content (AvgIpc) is 2.57. The lowest BCUT2D eigenvalue weighted by Crippen LogP contribution is -2.14. The van der Waals surface area contributed by atoms with Crippen molar-refractivity contribution in [2.24, 2.45) is 0 Å². The molecule has 23 heavy (non-hydrogen) atoms. The lowest BCUT2D eigenvalue weighted by Gasteiger charge is -2.08. The van der Waals surface area contributed by atoms with Gasteiger partial charge >= 0.3 is 0 Å². The first kappa shape index (κ1) is 22.4. The maximum Gasteiger partial charge on any atom is 0.145 e. The van der Waals surface area contributed by atoms with Gasteiger partial charge in [0.2, 0.25) is 0 Å². The number of hydrogen-bond donors (Lipinski definition) is 0. The van der Waals surface area contributed by atoms with Gasteiger partial charge in [-0.1, -0.05) is 0 Å². The Balaban J connectivity index is 2.93. The minimum absolute atomic E-state index is 0.113. The monoisotopic (exact) mass is 338 g/mol. The van der Waals surface area contributed by atoms with E-state index in [2.05, 4.69) is 0 Å². The smallest absolute Gasteiger partial charge is 0.145 e. The fourth-order valence-electron chi connectivity index (χ4n) is 1.37. The molecule has 0 rings (SSSR count). The highest BCUT2D eigenvalue weighted by molar-refractivity contribution is 5.50. The molecule has 0 bridgehead atoms. The van der Waals surface area contributed by atoms with Gasteiger partial charge in [-0.25, -0.2) is 0 Å². The number of carbonyl (C=O) groups is 1. The van der Waals surface area contributed by atoms with E-state index in [9.17, 15) is 4.79 Å². The maximum absolute atomic E-state index is 9.97. The van der Waals surface area contributed by atoms with Crippen LogP contribution in [-0.4, -0.2) is 99.3 Å². The lowest BCUT2D eigenvalue weighted by atomic mass is 10.7. The van der Waals surface area contributed by atoms with Crippen molar-refractivity contribution in [1.29, 1.82) is 0 Å². The Morgan fingerprint density at radius 1 is 0.522 bits per heavy atom. The standard InChI is InChI=1S/C15H30O8/c1-17-4-5-19-8-9-21-12-13-23-15-14-22-11-10-20-7-6-18-3-2-16/h2H,3-15H2,1H3. The van der Waals surface area contributed by atoms with Gasteiger partial charge in [-0.15, -0.1) is 0 Å². The minimum Gasteiger partial charge on any atom is -0.382 e. The van der Waals surface area contributed by atoms with Gasteiger partial charge in [-0.2, -0.15) is 0 Å². The molecule has 0 unspecified atom stereocenters. The summed E-state index contributed by atoms with van der Waals surface area (Å²) in [6.45, 7) is 6.41. The third-order valence-electron chi connectivity index (χ3n) is 2.48. The van der Waals surface area contributed by atoms with E-state index in [0.29, 0.717) is 85.6 Å². The first-order valence-electron chi connectivity index (χ1n) is 7.80. The third-order valence-corrected chi connectivity index (χ3v) is 2.48. The molecule has 0 aliphatic rings. The number of ether oxygens (including phenoxy) is 7. The summed E-state index contributed by atoms with van der Waals surface area (Å²) in [6, 6.07) is 0. The van der Waals surface area contributed by atoms with E-state index in [0.717, 1.165) is 0 Å². The van der Waals surface area contributed by atoms with E-state index >= 15 is 0 Å². The number of aldehydes is 1. The van der Waals surface area contributed by atoms with Crippen LogP contribution in [0.4, 0.5) is 0 Å². The Morgan fingerprint density at radius 3 is 1.13 bits per heavy atom. The van der Waals surface area contributed by atoms with Crippen LogP contribution in [0.15, 0.2) is 0 Å². The van der Waals surface area contributed by atoms with Crippen LogP contribution in [0.3, 0.4) is 0 Å². The second kappa shape index (κ2) is 21.4. The van der Waals surface area contributed by atoms with Gasteiger partial charge in [0.15, 0.2) is 0 Å². The van der Waals surface area contributed by atoms with Crippen LogP contribution in [0, 0.1) is 0 Å². The quantitative estimate of drug-likeness (QED) is 0.225. The van der Waals surface area contributed by atoms with Crippen molar-refractivity contribution in [2.45, 2.75) is 0 Å². The number of methoxy groups -OCH3 is 1. The summed E-state index contributed by atoms with van der Waals surface area (Å²) in [6.07, 6.45) is 0.713. The molecule has 0 aromatic heterocycles. The van der Waals surface area contributed by atoms with E-state index in [1.54, 1.807) is 7.11 Å². The SMILES string of the molecule is COCCOCCOCCOCCOCCOCCOCC=O. The van der Waals surface area contributed by atoms with Gasteiger partial charge in [0, 0.05) is 7.11 Å². The fraction of sp³-hybridized carbons (Fsp3) is 0.933. The zero-order valence-corrected chi connectivity index (χ0v) is 14.0. The van der Waals surface area contributed by atoms with Crippen molar-refractivity contribution in [3.8, 4) is 0 Å². The first-order chi connectivity index (χ1) is 11.4. The molecular weight excluding hydrogens is 308 g/mol. The lowest BCUT2D eigenvalue weighted by molar-refractivity contribution is -0.112. The fourth-order valence-corrected chi connectivity index (χ4v) is 1.37. The molecule has 0 saturated heterocycles. The van der Waals surface area contributed by atoms with Crippen molar-refractivity contribution in [3.63, 3.8) is 0 Å². The highest BCUT2D eigenvalue weighted by Crippen LogP contribution is 1.84. The zero-order valence-electron chi connectivity index (χ0n) is 14.0. The molecule has 0 N–H and O–H groups in total. The molecule has 0 aliphatic carbocycles. The Morgan fingerprint density at radius 2 is 0.826 bits per heavy atom.